The molecule has 1 amide bonds. The van der Waals surface area contributed by atoms with Crippen LogP contribution < -0.4 is 10.1 Å². The molecule has 1 unspecified atom stereocenters. The second kappa shape index (κ2) is 5.60. The van der Waals surface area contributed by atoms with Crippen LogP contribution in [0.3, 0.4) is 0 Å². The molecular weight excluding hydrogens is 264 g/mol. The molecule has 0 fully saturated rings. The van der Waals surface area contributed by atoms with Crippen LogP contribution in [0.25, 0.3) is 0 Å². The average Bonchev–Trinajstić information content (AvgIpc) is 2.89. The lowest BCUT2D eigenvalue weighted by atomic mass is 10.1. The fourth-order valence-corrected chi connectivity index (χ4v) is 1.78. The zero-order chi connectivity index (χ0) is 14.7. The number of carbonyl (C=O) groups excluding carboxylic acids is 1. The van der Waals surface area contributed by atoms with Crippen LogP contribution in [-0.4, -0.2) is 35.9 Å². The number of rotatable bonds is 4. The lowest BCUT2D eigenvalue weighted by molar-refractivity contribution is -0.129. The van der Waals surface area contributed by atoms with Crippen LogP contribution in [0.15, 0.2) is 23.4 Å². The molecule has 0 saturated carbocycles. The molecule has 0 spiro atoms. The van der Waals surface area contributed by atoms with Gasteiger partial charge in [0, 0.05) is 6.42 Å². The standard InChI is InChI=1S/C13H14N2O5/c1-7-3-4-10(19-2)8(5-7)14-12(16)11-6-9(13(17)18)15-20-11/h3-5,11H,6H2,1-2H3,(H,14,16)(H,17,18). The summed E-state index contributed by atoms with van der Waals surface area (Å²) in [6, 6.07) is 5.34. The number of aryl methyl sites for hydroxylation is 1. The molecule has 0 aromatic heterocycles. The highest BCUT2D eigenvalue weighted by atomic mass is 16.6. The maximum absolute atomic E-state index is 12.0. The number of nitrogens with one attached hydrogen (secondary N) is 1. The number of aliphatic carboxylic acids is 1. The molecule has 1 aromatic carbocycles. The smallest absolute Gasteiger partial charge is 0.353 e. The van der Waals surface area contributed by atoms with Gasteiger partial charge in [-0.05, 0) is 24.6 Å². The molecule has 0 radical (unpaired) electrons. The Morgan fingerprint density at radius 3 is 2.85 bits per heavy atom. The number of carboxylic acids is 1. The number of ether oxygens (including phenoxy) is 1. The molecule has 106 valence electrons. The summed E-state index contributed by atoms with van der Waals surface area (Å²) >= 11 is 0. The Morgan fingerprint density at radius 2 is 2.25 bits per heavy atom. The summed E-state index contributed by atoms with van der Waals surface area (Å²) in [6.45, 7) is 1.88. The zero-order valence-electron chi connectivity index (χ0n) is 11.0. The summed E-state index contributed by atoms with van der Waals surface area (Å²) < 4.78 is 5.14. The first kappa shape index (κ1) is 13.9. The number of benzene rings is 1. The molecule has 1 atom stereocenters. The quantitative estimate of drug-likeness (QED) is 0.861. The van der Waals surface area contributed by atoms with Crippen molar-refractivity contribution in [2.45, 2.75) is 19.4 Å². The number of amides is 1. The molecule has 1 heterocycles. The van der Waals surface area contributed by atoms with Gasteiger partial charge in [-0.2, -0.15) is 0 Å². The van der Waals surface area contributed by atoms with Crippen LogP contribution in [0, 0.1) is 6.92 Å². The zero-order valence-corrected chi connectivity index (χ0v) is 11.0. The van der Waals surface area contributed by atoms with Crippen LogP contribution in [0.2, 0.25) is 0 Å². The molecule has 7 nitrogen and oxygen atoms in total. The first-order valence-electron chi connectivity index (χ1n) is 5.92. The van der Waals surface area contributed by atoms with Crippen molar-refractivity contribution in [1.82, 2.24) is 0 Å². The third kappa shape index (κ3) is 2.87. The normalized spacial score (nSPS) is 17.1. The van der Waals surface area contributed by atoms with Crippen molar-refractivity contribution in [2.24, 2.45) is 5.16 Å². The third-order valence-electron chi connectivity index (χ3n) is 2.82. The summed E-state index contributed by atoms with van der Waals surface area (Å²) in [5, 5.41) is 14.8. The van der Waals surface area contributed by atoms with E-state index in [4.69, 9.17) is 14.7 Å². The minimum Gasteiger partial charge on any atom is -0.495 e. The van der Waals surface area contributed by atoms with E-state index in [2.05, 4.69) is 10.5 Å². The molecule has 1 aliphatic heterocycles. The molecule has 7 heteroatoms. The van der Waals surface area contributed by atoms with Gasteiger partial charge in [0.05, 0.1) is 12.8 Å². The Balaban J connectivity index is 2.06. The molecule has 2 N–H and O–H groups in total. The van der Waals surface area contributed by atoms with Gasteiger partial charge in [0.1, 0.15) is 5.75 Å². The monoisotopic (exact) mass is 278 g/mol. The molecule has 0 aliphatic carbocycles. The van der Waals surface area contributed by atoms with E-state index >= 15 is 0 Å². The molecular formula is C13H14N2O5. The van der Waals surface area contributed by atoms with E-state index in [1.165, 1.54) is 7.11 Å². The Hall–Kier alpha value is -2.57. The predicted octanol–water partition coefficient (Wildman–Crippen LogP) is 1.17. The van der Waals surface area contributed by atoms with Crippen LogP contribution in [0.1, 0.15) is 12.0 Å². The summed E-state index contributed by atoms with van der Waals surface area (Å²) in [4.78, 5) is 27.5. The highest BCUT2D eigenvalue weighted by molar-refractivity contribution is 6.36. The number of anilines is 1. The number of oxime groups is 1. The van der Waals surface area contributed by atoms with Gasteiger partial charge < -0.3 is 20.0 Å². The van der Waals surface area contributed by atoms with E-state index < -0.39 is 18.0 Å². The molecule has 20 heavy (non-hydrogen) atoms. The Labute approximate surface area is 115 Å². The average molecular weight is 278 g/mol. The minimum atomic E-state index is -1.19. The van der Waals surface area contributed by atoms with Gasteiger partial charge in [-0.1, -0.05) is 11.2 Å². The fourth-order valence-electron chi connectivity index (χ4n) is 1.78. The number of carboxylic acid groups (broad SMARTS) is 1. The van der Waals surface area contributed by atoms with E-state index in [1.54, 1.807) is 12.1 Å². The van der Waals surface area contributed by atoms with Gasteiger partial charge in [-0.15, -0.1) is 0 Å². The lowest BCUT2D eigenvalue weighted by Gasteiger charge is -2.13. The van der Waals surface area contributed by atoms with Gasteiger partial charge in [0.25, 0.3) is 5.91 Å². The van der Waals surface area contributed by atoms with E-state index in [9.17, 15) is 9.59 Å². The van der Waals surface area contributed by atoms with Gasteiger partial charge in [0.15, 0.2) is 5.71 Å². The van der Waals surface area contributed by atoms with Crippen LogP contribution >= 0.6 is 0 Å². The van der Waals surface area contributed by atoms with E-state index in [-0.39, 0.29) is 12.1 Å². The summed E-state index contributed by atoms with van der Waals surface area (Å²) in [6.07, 6.45) is -0.999. The maximum atomic E-state index is 12.0. The third-order valence-corrected chi connectivity index (χ3v) is 2.82. The van der Waals surface area contributed by atoms with Crippen molar-refractivity contribution in [3.05, 3.63) is 23.8 Å². The molecule has 0 bridgehead atoms. The fraction of sp³-hybridized carbons (Fsp3) is 0.308. The van der Waals surface area contributed by atoms with E-state index in [1.807, 2.05) is 13.0 Å². The largest absolute Gasteiger partial charge is 0.495 e. The Bertz CT molecular complexity index is 582. The SMILES string of the molecule is COc1ccc(C)cc1NC(=O)C1CC(C(=O)O)=NO1. The van der Waals surface area contributed by atoms with Crippen molar-refractivity contribution in [1.29, 1.82) is 0 Å². The number of carbonyl (C=O) groups is 2. The topological polar surface area (TPSA) is 97.2 Å². The van der Waals surface area contributed by atoms with E-state index in [0.29, 0.717) is 11.4 Å². The van der Waals surface area contributed by atoms with Crippen LogP contribution in [-0.2, 0) is 14.4 Å². The Morgan fingerprint density at radius 1 is 1.50 bits per heavy atom. The van der Waals surface area contributed by atoms with Crippen molar-refractivity contribution in [2.75, 3.05) is 12.4 Å². The van der Waals surface area contributed by atoms with Gasteiger partial charge in [-0.25, -0.2) is 4.79 Å². The van der Waals surface area contributed by atoms with E-state index in [0.717, 1.165) is 5.56 Å². The highest BCUT2D eigenvalue weighted by Gasteiger charge is 2.31. The number of methoxy groups -OCH3 is 1. The first-order valence-corrected chi connectivity index (χ1v) is 5.92. The highest BCUT2D eigenvalue weighted by Crippen LogP contribution is 2.26. The van der Waals surface area contributed by atoms with Gasteiger partial charge in [0.2, 0.25) is 6.10 Å². The van der Waals surface area contributed by atoms with Gasteiger partial charge in [-0.3, -0.25) is 4.79 Å². The Kier molecular flexibility index (Phi) is 3.88. The molecule has 0 saturated heterocycles. The second-order valence-corrected chi connectivity index (χ2v) is 4.33. The molecule has 2 rings (SSSR count). The van der Waals surface area contributed by atoms with Crippen molar-refractivity contribution in [3.8, 4) is 5.75 Å². The first-order chi connectivity index (χ1) is 9.51. The molecule has 1 aromatic rings. The lowest BCUT2D eigenvalue weighted by Crippen LogP contribution is -2.29. The second-order valence-electron chi connectivity index (χ2n) is 4.33. The number of nitrogens with zero attached hydrogens (tertiary/aromatic N) is 1. The number of hydrogen-bond donors (Lipinski definition) is 2. The summed E-state index contributed by atoms with van der Waals surface area (Å²) in [5.74, 6) is -1.14. The minimum absolute atomic E-state index is 0.0602. The van der Waals surface area contributed by atoms with Crippen molar-refractivity contribution >= 4 is 23.3 Å². The predicted molar refractivity (Wildman–Crippen MR) is 70.9 cm³/mol. The van der Waals surface area contributed by atoms with Crippen LogP contribution in [0.4, 0.5) is 5.69 Å². The molecule has 1 aliphatic rings. The van der Waals surface area contributed by atoms with Crippen LogP contribution in [0.5, 0.6) is 5.75 Å². The number of hydrogen-bond acceptors (Lipinski definition) is 5. The van der Waals surface area contributed by atoms with Crippen molar-refractivity contribution in [3.63, 3.8) is 0 Å². The van der Waals surface area contributed by atoms with Gasteiger partial charge >= 0.3 is 5.97 Å². The van der Waals surface area contributed by atoms with Crippen molar-refractivity contribution < 1.29 is 24.3 Å². The summed E-state index contributed by atoms with van der Waals surface area (Å²) in [7, 11) is 1.50. The maximum Gasteiger partial charge on any atom is 0.353 e. The summed E-state index contributed by atoms with van der Waals surface area (Å²) in [5.41, 5.74) is 1.29.